The number of carbonyl (C=O) groups is 1. The monoisotopic (exact) mass is 450 g/mol. The van der Waals surface area contributed by atoms with Crippen molar-refractivity contribution >= 4 is 48.9 Å². The van der Waals surface area contributed by atoms with Crippen LogP contribution in [0.2, 0.25) is 0 Å². The Labute approximate surface area is 164 Å². The van der Waals surface area contributed by atoms with Crippen molar-refractivity contribution < 1.29 is 13.2 Å². The summed E-state index contributed by atoms with van der Waals surface area (Å²) >= 11 is 4.43. The fraction of sp³-hybridized carbons (Fsp3) is 0.0556. The lowest BCUT2D eigenvalue weighted by Crippen LogP contribution is -2.36. The number of hydrogen-bond acceptors (Lipinski definition) is 4. The van der Waals surface area contributed by atoms with Crippen molar-refractivity contribution in [1.29, 1.82) is 0 Å². The average molecular weight is 451 g/mol. The highest BCUT2D eigenvalue weighted by Gasteiger charge is 2.27. The molecule has 0 saturated heterocycles. The Balaban J connectivity index is 1.88. The first-order valence-electron chi connectivity index (χ1n) is 7.63. The summed E-state index contributed by atoms with van der Waals surface area (Å²) in [6.07, 6.45) is 0. The van der Waals surface area contributed by atoms with Crippen LogP contribution in [0.15, 0.2) is 80.8 Å². The van der Waals surface area contributed by atoms with Gasteiger partial charge in [0.2, 0.25) is 5.91 Å². The van der Waals surface area contributed by atoms with E-state index in [1.165, 1.54) is 6.07 Å². The molecule has 0 aliphatic carbocycles. The van der Waals surface area contributed by atoms with Gasteiger partial charge in [-0.15, -0.1) is 11.3 Å². The van der Waals surface area contributed by atoms with Crippen molar-refractivity contribution in [3.63, 3.8) is 0 Å². The maximum Gasteiger partial charge on any atom is 0.251 e. The van der Waals surface area contributed by atoms with E-state index in [1.807, 2.05) is 0 Å². The van der Waals surface area contributed by atoms with Gasteiger partial charge in [-0.1, -0.05) is 52.3 Å². The molecule has 0 spiro atoms. The van der Waals surface area contributed by atoms with Gasteiger partial charge in [-0.25, -0.2) is 8.42 Å². The van der Waals surface area contributed by atoms with Gasteiger partial charge in [0.05, 0.1) is 0 Å². The Kier molecular flexibility index (Phi) is 5.87. The van der Waals surface area contributed by atoms with Crippen LogP contribution >= 0.6 is 27.3 Å². The molecular weight excluding hydrogens is 436 g/mol. The number of carbonyl (C=O) groups excluding carboxylic acids is 1. The lowest BCUT2D eigenvalue weighted by atomic mass is 10.1. The number of rotatable bonds is 6. The smallest absolute Gasteiger partial charge is 0.251 e. The number of benzene rings is 2. The molecule has 1 amide bonds. The Morgan fingerprint density at radius 3 is 2.27 bits per heavy atom. The summed E-state index contributed by atoms with van der Waals surface area (Å²) in [5, 5.41) is 4.43. The summed E-state index contributed by atoms with van der Waals surface area (Å²) < 4.78 is 28.7. The zero-order valence-corrected chi connectivity index (χ0v) is 16.6. The molecule has 1 atom stereocenters. The van der Waals surface area contributed by atoms with E-state index in [-0.39, 0.29) is 4.21 Å². The molecule has 1 aromatic heterocycles. The number of amides is 1. The second kappa shape index (κ2) is 8.13. The first-order valence-corrected chi connectivity index (χ1v) is 10.8. The molecule has 1 unspecified atom stereocenters. The minimum Gasteiger partial charge on any atom is -0.324 e. The molecular formula is C18H15BrN2O3S2. The molecule has 0 aliphatic heterocycles. The molecule has 134 valence electrons. The van der Waals surface area contributed by atoms with Crippen molar-refractivity contribution in [3.05, 3.63) is 82.1 Å². The Morgan fingerprint density at radius 2 is 1.65 bits per heavy atom. The van der Waals surface area contributed by atoms with Gasteiger partial charge in [-0.2, -0.15) is 4.72 Å². The van der Waals surface area contributed by atoms with Crippen molar-refractivity contribution in [2.45, 2.75) is 10.3 Å². The van der Waals surface area contributed by atoms with Gasteiger partial charge < -0.3 is 5.32 Å². The van der Waals surface area contributed by atoms with E-state index in [0.29, 0.717) is 11.3 Å². The Morgan fingerprint density at radius 1 is 0.962 bits per heavy atom. The number of halogens is 1. The standard InChI is InChI=1S/C18H15BrN2O3S2/c19-14-8-10-15(11-9-14)20-18(22)17(13-5-2-1-3-6-13)21-26(23,24)16-7-4-12-25-16/h1-12,17,21H,(H,20,22). The molecule has 0 aliphatic rings. The van der Waals surface area contributed by atoms with Crippen LogP contribution in [0.5, 0.6) is 0 Å². The summed E-state index contributed by atoms with van der Waals surface area (Å²) in [4.78, 5) is 12.8. The maximum atomic E-state index is 12.8. The minimum atomic E-state index is -3.81. The van der Waals surface area contributed by atoms with E-state index in [9.17, 15) is 13.2 Å². The molecule has 0 bridgehead atoms. The first-order chi connectivity index (χ1) is 12.5. The van der Waals surface area contributed by atoms with Crippen LogP contribution in [0.25, 0.3) is 0 Å². The summed E-state index contributed by atoms with van der Waals surface area (Å²) in [7, 11) is -3.81. The van der Waals surface area contributed by atoms with Gasteiger partial charge in [0.15, 0.2) is 0 Å². The van der Waals surface area contributed by atoms with Crippen LogP contribution in [0, 0.1) is 0 Å². The molecule has 2 aromatic carbocycles. The second-order valence-electron chi connectivity index (χ2n) is 5.39. The van der Waals surface area contributed by atoms with Crippen LogP contribution < -0.4 is 10.0 Å². The van der Waals surface area contributed by atoms with Crippen molar-refractivity contribution in [3.8, 4) is 0 Å². The van der Waals surface area contributed by atoms with Gasteiger partial charge in [0.1, 0.15) is 10.3 Å². The van der Waals surface area contributed by atoms with E-state index >= 15 is 0 Å². The predicted molar refractivity (Wildman–Crippen MR) is 107 cm³/mol. The summed E-state index contributed by atoms with van der Waals surface area (Å²) in [6.45, 7) is 0. The molecule has 2 N–H and O–H groups in total. The van der Waals surface area contributed by atoms with Crippen LogP contribution in [-0.4, -0.2) is 14.3 Å². The van der Waals surface area contributed by atoms with E-state index in [2.05, 4.69) is 26.0 Å². The zero-order valence-electron chi connectivity index (χ0n) is 13.4. The fourth-order valence-corrected chi connectivity index (χ4v) is 4.75. The third-order valence-corrected chi connectivity index (χ3v) is 6.89. The van der Waals surface area contributed by atoms with E-state index in [4.69, 9.17) is 0 Å². The van der Waals surface area contributed by atoms with Gasteiger partial charge in [-0.05, 0) is 41.3 Å². The largest absolute Gasteiger partial charge is 0.324 e. The summed E-state index contributed by atoms with van der Waals surface area (Å²) in [5.74, 6) is -0.460. The quantitative estimate of drug-likeness (QED) is 0.591. The number of thiophene rings is 1. The normalized spacial score (nSPS) is 12.5. The highest BCUT2D eigenvalue weighted by atomic mass is 79.9. The minimum absolute atomic E-state index is 0.162. The Hall–Kier alpha value is -2.00. The first kappa shape index (κ1) is 18.8. The number of sulfonamides is 1. The fourth-order valence-electron chi connectivity index (χ4n) is 2.30. The third kappa shape index (κ3) is 4.59. The molecule has 26 heavy (non-hydrogen) atoms. The van der Waals surface area contributed by atoms with Crippen molar-refractivity contribution in [1.82, 2.24) is 4.72 Å². The zero-order chi connectivity index (χ0) is 18.6. The van der Waals surface area contributed by atoms with Gasteiger partial charge in [-0.3, -0.25) is 4.79 Å². The van der Waals surface area contributed by atoms with E-state index < -0.39 is 22.0 Å². The molecule has 3 aromatic rings. The lowest BCUT2D eigenvalue weighted by Gasteiger charge is -2.18. The van der Waals surface area contributed by atoms with Crippen molar-refractivity contribution in [2.75, 3.05) is 5.32 Å². The highest BCUT2D eigenvalue weighted by Crippen LogP contribution is 2.22. The predicted octanol–water partition coefficient (Wildman–Crippen LogP) is 4.17. The molecule has 0 fully saturated rings. The number of nitrogens with one attached hydrogen (secondary N) is 2. The summed E-state index contributed by atoms with van der Waals surface area (Å²) in [5.41, 5.74) is 1.14. The number of hydrogen-bond donors (Lipinski definition) is 2. The molecule has 1 heterocycles. The molecule has 5 nitrogen and oxygen atoms in total. The molecule has 0 saturated carbocycles. The van der Waals surface area contributed by atoms with Gasteiger partial charge in [0.25, 0.3) is 10.0 Å². The average Bonchev–Trinajstić information content (AvgIpc) is 3.18. The van der Waals surface area contributed by atoms with Crippen LogP contribution in [0.3, 0.4) is 0 Å². The Bertz CT molecular complexity index is 973. The third-order valence-electron chi connectivity index (χ3n) is 3.54. The van der Waals surface area contributed by atoms with E-state index in [0.717, 1.165) is 15.8 Å². The highest BCUT2D eigenvalue weighted by molar-refractivity contribution is 9.10. The SMILES string of the molecule is O=C(Nc1ccc(Br)cc1)C(NS(=O)(=O)c1cccs1)c1ccccc1. The lowest BCUT2D eigenvalue weighted by molar-refractivity contribution is -0.117. The van der Waals surface area contributed by atoms with Gasteiger partial charge >= 0.3 is 0 Å². The van der Waals surface area contributed by atoms with Crippen LogP contribution in [0.1, 0.15) is 11.6 Å². The molecule has 8 heteroatoms. The molecule has 0 radical (unpaired) electrons. The van der Waals surface area contributed by atoms with Crippen LogP contribution in [-0.2, 0) is 14.8 Å². The van der Waals surface area contributed by atoms with Gasteiger partial charge in [0, 0.05) is 10.2 Å². The molecule has 3 rings (SSSR count). The maximum absolute atomic E-state index is 12.8. The summed E-state index contributed by atoms with van der Waals surface area (Å²) in [6, 6.07) is 17.9. The topological polar surface area (TPSA) is 75.3 Å². The number of anilines is 1. The van der Waals surface area contributed by atoms with Crippen molar-refractivity contribution in [2.24, 2.45) is 0 Å². The van der Waals surface area contributed by atoms with E-state index in [1.54, 1.807) is 66.0 Å². The second-order valence-corrected chi connectivity index (χ2v) is 9.20. The van der Waals surface area contributed by atoms with Crippen LogP contribution in [0.4, 0.5) is 5.69 Å².